The Kier molecular flexibility index (Phi) is 4.48. The number of piperidine rings is 2. The van der Waals surface area contributed by atoms with E-state index in [1.807, 2.05) is 0 Å². The molecule has 2 heterocycles. The molecule has 2 unspecified atom stereocenters. The Bertz CT molecular complexity index is 233. The summed E-state index contributed by atoms with van der Waals surface area (Å²) in [5.41, 5.74) is 0.617. The van der Waals surface area contributed by atoms with Crippen molar-refractivity contribution in [2.45, 2.75) is 46.5 Å². The molecular weight excluding hydrogens is 208 g/mol. The smallest absolute Gasteiger partial charge is 0.00389 e. The highest BCUT2D eigenvalue weighted by Crippen LogP contribution is 2.35. The fourth-order valence-corrected chi connectivity index (χ4v) is 3.55. The predicted octanol–water partition coefficient (Wildman–Crippen LogP) is 2.74. The summed E-state index contributed by atoms with van der Waals surface area (Å²) in [6.07, 6.45) is 5.52. The standard InChI is InChI=1S/C15H30N2/c1-4-15(6-8-16-9-7-15)12-17-10-5-13(2)14(3)11-17/h13-14,16H,4-12H2,1-3H3. The van der Waals surface area contributed by atoms with Crippen LogP contribution in [0.1, 0.15) is 46.5 Å². The minimum absolute atomic E-state index is 0.617. The van der Waals surface area contributed by atoms with Crippen LogP contribution in [-0.2, 0) is 0 Å². The molecule has 2 nitrogen and oxygen atoms in total. The first kappa shape index (κ1) is 13.4. The van der Waals surface area contributed by atoms with Crippen LogP contribution >= 0.6 is 0 Å². The molecule has 0 spiro atoms. The van der Waals surface area contributed by atoms with Crippen LogP contribution in [0.5, 0.6) is 0 Å². The van der Waals surface area contributed by atoms with Gasteiger partial charge in [0.25, 0.3) is 0 Å². The quantitative estimate of drug-likeness (QED) is 0.813. The summed E-state index contributed by atoms with van der Waals surface area (Å²) >= 11 is 0. The maximum atomic E-state index is 3.51. The highest BCUT2D eigenvalue weighted by atomic mass is 15.1. The summed E-state index contributed by atoms with van der Waals surface area (Å²) in [6, 6.07) is 0. The summed E-state index contributed by atoms with van der Waals surface area (Å²) in [6.45, 7) is 13.7. The summed E-state index contributed by atoms with van der Waals surface area (Å²) in [5.74, 6) is 1.82. The molecule has 2 saturated heterocycles. The number of rotatable bonds is 3. The molecule has 2 atom stereocenters. The van der Waals surface area contributed by atoms with E-state index >= 15 is 0 Å². The van der Waals surface area contributed by atoms with Crippen LogP contribution in [-0.4, -0.2) is 37.6 Å². The predicted molar refractivity (Wildman–Crippen MR) is 74.2 cm³/mol. The second-order valence-electron chi connectivity index (χ2n) is 6.58. The lowest BCUT2D eigenvalue weighted by molar-refractivity contribution is 0.0613. The van der Waals surface area contributed by atoms with Gasteiger partial charge in [-0.1, -0.05) is 20.8 Å². The van der Waals surface area contributed by atoms with Gasteiger partial charge in [-0.3, -0.25) is 0 Å². The second kappa shape index (κ2) is 5.71. The average molecular weight is 238 g/mol. The highest BCUT2D eigenvalue weighted by molar-refractivity contribution is 4.88. The van der Waals surface area contributed by atoms with Crippen molar-refractivity contribution in [2.75, 3.05) is 32.7 Å². The molecule has 100 valence electrons. The van der Waals surface area contributed by atoms with Crippen molar-refractivity contribution in [2.24, 2.45) is 17.3 Å². The van der Waals surface area contributed by atoms with Crippen LogP contribution in [0.4, 0.5) is 0 Å². The summed E-state index contributed by atoms with van der Waals surface area (Å²) < 4.78 is 0. The number of hydrogen-bond donors (Lipinski definition) is 1. The van der Waals surface area contributed by atoms with Crippen LogP contribution in [0.2, 0.25) is 0 Å². The van der Waals surface area contributed by atoms with E-state index in [1.165, 1.54) is 58.4 Å². The first-order chi connectivity index (χ1) is 8.15. The normalized spacial score (nSPS) is 34.8. The molecule has 0 aromatic carbocycles. The maximum absolute atomic E-state index is 3.51. The van der Waals surface area contributed by atoms with E-state index in [1.54, 1.807) is 0 Å². The zero-order valence-electron chi connectivity index (χ0n) is 12.0. The van der Waals surface area contributed by atoms with Gasteiger partial charge in [-0.2, -0.15) is 0 Å². The lowest BCUT2D eigenvalue weighted by Gasteiger charge is -2.44. The molecule has 0 aromatic rings. The van der Waals surface area contributed by atoms with Crippen molar-refractivity contribution in [1.82, 2.24) is 10.2 Å². The van der Waals surface area contributed by atoms with Gasteiger partial charge in [0.05, 0.1) is 0 Å². The Morgan fingerprint density at radius 1 is 1.18 bits per heavy atom. The molecule has 0 radical (unpaired) electrons. The third-order valence-corrected chi connectivity index (χ3v) is 5.39. The van der Waals surface area contributed by atoms with Crippen molar-refractivity contribution in [3.63, 3.8) is 0 Å². The van der Waals surface area contributed by atoms with Crippen LogP contribution in [0, 0.1) is 17.3 Å². The number of likely N-dealkylation sites (tertiary alicyclic amines) is 1. The first-order valence-electron chi connectivity index (χ1n) is 7.58. The SMILES string of the molecule is CCC1(CN2CCC(C)C(C)C2)CCNCC1. The van der Waals surface area contributed by atoms with Gasteiger partial charge in [-0.25, -0.2) is 0 Å². The van der Waals surface area contributed by atoms with Gasteiger partial charge in [0.15, 0.2) is 0 Å². The lowest BCUT2D eigenvalue weighted by Crippen LogP contribution is -2.48. The molecule has 1 N–H and O–H groups in total. The largest absolute Gasteiger partial charge is 0.317 e. The molecule has 0 amide bonds. The van der Waals surface area contributed by atoms with Gasteiger partial charge in [0, 0.05) is 13.1 Å². The molecular formula is C15H30N2. The van der Waals surface area contributed by atoms with Gasteiger partial charge < -0.3 is 10.2 Å². The molecule has 2 rings (SSSR count). The molecule has 2 aliphatic heterocycles. The van der Waals surface area contributed by atoms with E-state index in [9.17, 15) is 0 Å². The first-order valence-corrected chi connectivity index (χ1v) is 7.58. The van der Waals surface area contributed by atoms with Gasteiger partial charge in [0.1, 0.15) is 0 Å². The second-order valence-corrected chi connectivity index (χ2v) is 6.58. The van der Waals surface area contributed by atoms with Crippen LogP contribution in [0.15, 0.2) is 0 Å². The summed E-state index contributed by atoms with van der Waals surface area (Å²) in [5, 5.41) is 3.51. The summed E-state index contributed by atoms with van der Waals surface area (Å²) in [7, 11) is 0. The lowest BCUT2D eigenvalue weighted by atomic mass is 9.75. The van der Waals surface area contributed by atoms with Crippen LogP contribution in [0.25, 0.3) is 0 Å². The molecule has 0 aromatic heterocycles. The molecule has 0 bridgehead atoms. The topological polar surface area (TPSA) is 15.3 Å². The van der Waals surface area contributed by atoms with Crippen LogP contribution < -0.4 is 5.32 Å². The van der Waals surface area contributed by atoms with Gasteiger partial charge in [0.2, 0.25) is 0 Å². The van der Waals surface area contributed by atoms with Crippen molar-refractivity contribution < 1.29 is 0 Å². The van der Waals surface area contributed by atoms with Crippen LogP contribution in [0.3, 0.4) is 0 Å². The molecule has 0 saturated carbocycles. The molecule has 2 fully saturated rings. The highest BCUT2D eigenvalue weighted by Gasteiger charge is 2.34. The molecule has 17 heavy (non-hydrogen) atoms. The summed E-state index contributed by atoms with van der Waals surface area (Å²) in [4.78, 5) is 2.75. The minimum atomic E-state index is 0.617. The van der Waals surface area contributed by atoms with E-state index in [4.69, 9.17) is 0 Å². The molecule has 2 heteroatoms. The zero-order valence-corrected chi connectivity index (χ0v) is 12.0. The number of hydrogen-bond acceptors (Lipinski definition) is 2. The Balaban J connectivity index is 1.90. The van der Waals surface area contributed by atoms with E-state index in [-0.39, 0.29) is 0 Å². The van der Waals surface area contributed by atoms with Crippen molar-refractivity contribution in [3.05, 3.63) is 0 Å². The molecule has 0 aliphatic carbocycles. The van der Waals surface area contributed by atoms with Gasteiger partial charge >= 0.3 is 0 Å². The zero-order chi connectivity index (χ0) is 12.3. The Labute approximate surface area is 107 Å². The van der Waals surface area contributed by atoms with Crippen molar-refractivity contribution in [3.8, 4) is 0 Å². The Morgan fingerprint density at radius 3 is 2.47 bits per heavy atom. The number of nitrogens with one attached hydrogen (secondary N) is 1. The molecule has 2 aliphatic rings. The van der Waals surface area contributed by atoms with E-state index in [2.05, 4.69) is 31.0 Å². The Morgan fingerprint density at radius 2 is 1.88 bits per heavy atom. The number of nitrogens with zero attached hydrogens (tertiary/aromatic N) is 1. The van der Waals surface area contributed by atoms with Gasteiger partial charge in [-0.05, 0) is 62.6 Å². The van der Waals surface area contributed by atoms with E-state index in [0.717, 1.165) is 11.8 Å². The fourth-order valence-electron chi connectivity index (χ4n) is 3.55. The minimum Gasteiger partial charge on any atom is -0.317 e. The van der Waals surface area contributed by atoms with Crippen molar-refractivity contribution >= 4 is 0 Å². The third-order valence-electron chi connectivity index (χ3n) is 5.39. The Hall–Kier alpha value is -0.0800. The maximum Gasteiger partial charge on any atom is 0.00389 e. The average Bonchev–Trinajstić information content (AvgIpc) is 2.35. The van der Waals surface area contributed by atoms with E-state index in [0.29, 0.717) is 5.41 Å². The van der Waals surface area contributed by atoms with Crippen molar-refractivity contribution in [1.29, 1.82) is 0 Å². The van der Waals surface area contributed by atoms with Gasteiger partial charge in [-0.15, -0.1) is 0 Å². The monoisotopic (exact) mass is 238 g/mol. The third kappa shape index (κ3) is 3.23. The fraction of sp³-hybridized carbons (Fsp3) is 1.00. The van der Waals surface area contributed by atoms with E-state index < -0.39 is 0 Å².